The Labute approximate surface area is 157 Å². The van der Waals surface area contributed by atoms with Crippen LogP contribution in [0.4, 0.5) is 5.69 Å². The Morgan fingerprint density at radius 1 is 1.23 bits per heavy atom. The molecule has 1 aliphatic carbocycles. The van der Waals surface area contributed by atoms with Crippen molar-refractivity contribution in [3.63, 3.8) is 0 Å². The van der Waals surface area contributed by atoms with Gasteiger partial charge >= 0.3 is 0 Å². The smallest absolute Gasteiger partial charge is 0.225 e. The Morgan fingerprint density at radius 2 is 2.00 bits per heavy atom. The van der Waals surface area contributed by atoms with E-state index in [0.717, 1.165) is 31.3 Å². The van der Waals surface area contributed by atoms with E-state index in [-0.39, 0.29) is 11.8 Å². The first kappa shape index (κ1) is 18.7. The summed E-state index contributed by atoms with van der Waals surface area (Å²) < 4.78 is 0. The fourth-order valence-corrected chi connectivity index (χ4v) is 4.24. The number of anilines is 1. The highest BCUT2D eigenvalue weighted by Gasteiger charge is 2.32. The Balaban J connectivity index is 1.65. The number of nitrogens with zero attached hydrogens (tertiary/aromatic N) is 1. The minimum absolute atomic E-state index is 0.0910. The average Bonchev–Trinajstić information content (AvgIpc) is 3.13. The van der Waals surface area contributed by atoms with Crippen LogP contribution in [0.3, 0.4) is 0 Å². The molecule has 1 unspecified atom stereocenters. The van der Waals surface area contributed by atoms with Gasteiger partial charge in [-0.3, -0.25) is 9.79 Å². The number of para-hydroxylation sites is 1. The molecule has 0 saturated heterocycles. The van der Waals surface area contributed by atoms with Crippen LogP contribution < -0.4 is 16.0 Å². The van der Waals surface area contributed by atoms with Crippen LogP contribution in [-0.2, 0) is 4.79 Å². The molecule has 3 N–H and O–H groups in total. The third-order valence-electron chi connectivity index (χ3n) is 5.95. The lowest BCUT2D eigenvalue weighted by molar-refractivity contribution is -0.116. The summed E-state index contributed by atoms with van der Waals surface area (Å²) in [4.78, 5) is 16.9. The normalized spacial score (nSPS) is 21.8. The van der Waals surface area contributed by atoms with Gasteiger partial charge < -0.3 is 16.0 Å². The van der Waals surface area contributed by atoms with Crippen molar-refractivity contribution < 1.29 is 4.79 Å². The summed E-state index contributed by atoms with van der Waals surface area (Å²) >= 11 is 0. The maximum absolute atomic E-state index is 12.0. The van der Waals surface area contributed by atoms with Crippen molar-refractivity contribution in [2.45, 2.75) is 58.3 Å². The molecule has 142 valence electrons. The molecule has 1 aliphatic heterocycles. The average molecular weight is 357 g/mol. The van der Waals surface area contributed by atoms with Gasteiger partial charge in [0.15, 0.2) is 5.96 Å². The first-order chi connectivity index (χ1) is 12.7. The zero-order valence-electron chi connectivity index (χ0n) is 16.1. The van der Waals surface area contributed by atoms with Gasteiger partial charge in [-0.2, -0.15) is 0 Å². The molecule has 1 atom stereocenters. The molecule has 0 aromatic heterocycles. The number of aliphatic imine (C=N–C) groups is 1. The molecule has 1 aromatic carbocycles. The molecule has 1 heterocycles. The van der Waals surface area contributed by atoms with Gasteiger partial charge in [-0.15, -0.1) is 0 Å². The molecule has 5 nitrogen and oxygen atoms in total. The van der Waals surface area contributed by atoms with Crippen LogP contribution in [0.1, 0.15) is 63.9 Å². The minimum atomic E-state index is 0.0910. The second-order valence-electron chi connectivity index (χ2n) is 7.67. The fourth-order valence-electron chi connectivity index (χ4n) is 4.24. The molecular formula is C21H32N4O. The van der Waals surface area contributed by atoms with Crippen LogP contribution in [0.5, 0.6) is 0 Å². The lowest BCUT2D eigenvalue weighted by Crippen LogP contribution is -2.41. The molecule has 5 heteroatoms. The van der Waals surface area contributed by atoms with Crippen LogP contribution in [0, 0.1) is 5.41 Å². The third-order valence-corrected chi connectivity index (χ3v) is 5.95. The molecule has 2 aliphatic rings. The Hall–Kier alpha value is -2.04. The Kier molecular flexibility index (Phi) is 6.17. The van der Waals surface area contributed by atoms with Crippen LogP contribution in [0.15, 0.2) is 29.3 Å². The zero-order chi connectivity index (χ0) is 18.4. The van der Waals surface area contributed by atoms with E-state index in [2.05, 4.69) is 35.9 Å². The van der Waals surface area contributed by atoms with Gasteiger partial charge in [-0.25, -0.2) is 0 Å². The molecule has 3 rings (SSSR count). The predicted molar refractivity (Wildman–Crippen MR) is 108 cm³/mol. The first-order valence-corrected chi connectivity index (χ1v) is 10.1. The largest absolute Gasteiger partial charge is 0.357 e. The van der Waals surface area contributed by atoms with Crippen molar-refractivity contribution >= 4 is 17.6 Å². The second-order valence-corrected chi connectivity index (χ2v) is 7.67. The quantitative estimate of drug-likeness (QED) is 0.538. The third kappa shape index (κ3) is 4.37. The highest BCUT2D eigenvalue weighted by molar-refractivity contribution is 5.94. The number of benzene rings is 1. The molecule has 0 spiro atoms. The summed E-state index contributed by atoms with van der Waals surface area (Å²) in [5.41, 5.74) is 2.53. The van der Waals surface area contributed by atoms with Crippen molar-refractivity contribution in [3.8, 4) is 0 Å². The monoisotopic (exact) mass is 356 g/mol. The Morgan fingerprint density at radius 3 is 2.73 bits per heavy atom. The number of guanidine groups is 1. The summed E-state index contributed by atoms with van der Waals surface area (Å²) in [5, 5.41) is 9.80. The minimum Gasteiger partial charge on any atom is -0.357 e. The molecule has 0 bridgehead atoms. The first-order valence-electron chi connectivity index (χ1n) is 10.1. The zero-order valence-corrected chi connectivity index (χ0v) is 16.1. The molecule has 1 saturated carbocycles. The molecule has 1 aromatic rings. The van der Waals surface area contributed by atoms with Crippen LogP contribution >= 0.6 is 0 Å². The number of hydrogen-bond acceptors (Lipinski definition) is 2. The number of fused-ring (bicyclic) bond motifs is 1. The molecule has 1 amide bonds. The maximum atomic E-state index is 12.0. The molecule has 26 heavy (non-hydrogen) atoms. The lowest BCUT2D eigenvalue weighted by atomic mass is 9.84. The highest BCUT2D eigenvalue weighted by atomic mass is 16.1. The van der Waals surface area contributed by atoms with Gasteiger partial charge in [0.05, 0.1) is 0 Å². The van der Waals surface area contributed by atoms with E-state index < -0.39 is 0 Å². The summed E-state index contributed by atoms with van der Waals surface area (Å²) in [6.07, 6.45) is 6.97. The number of rotatable bonds is 6. The van der Waals surface area contributed by atoms with E-state index in [1.807, 2.05) is 18.2 Å². The SMILES string of the molecule is CCNC(=NCC1(CC)CCCC1)NCC1CC(=O)Nc2ccccc21. The highest BCUT2D eigenvalue weighted by Crippen LogP contribution is 2.41. The molecule has 0 radical (unpaired) electrons. The Bertz CT molecular complexity index is 649. The van der Waals surface area contributed by atoms with Gasteiger partial charge in [0, 0.05) is 37.7 Å². The number of nitrogens with one attached hydrogen (secondary N) is 3. The maximum Gasteiger partial charge on any atom is 0.225 e. The number of hydrogen-bond donors (Lipinski definition) is 3. The number of amides is 1. The van der Waals surface area contributed by atoms with Crippen molar-refractivity contribution in [2.75, 3.05) is 25.0 Å². The second kappa shape index (κ2) is 8.56. The van der Waals surface area contributed by atoms with E-state index in [1.54, 1.807) is 0 Å². The van der Waals surface area contributed by atoms with Crippen LogP contribution in [0.25, 0.3) is 0 Å². The van der Waals surface area contributed by atoms with E-state index in [4.69, 9.17) is 4.99 Å². The van der Waals surface area contributed by atoms with Gasteiger partial charge in [0.1, 0.15) is 0 Å². The van der Waals surface area contributed by atoms with Crippen molar-refractivity contribution in [2.24, 2.45) is 10.4 Å². The number of carbonyl (C=O) groups is 1. The topological polar surface area (TPSA) is 65.5 Å². The summed E-state index contributed by atoms with van der Waals surface area (Å²) in [5.74, 6) is 1.14. The van der Waals surface area contributed by atoms with E-state index in [0.29, 0.717) is 11.8 Å². The fraction of sp³-hybridized carbons (Fsp3) is 0.619. The van der Waals surface area contributed by atoms with Crippen molar-refractivity contribution in [3.05, 3.63) is 29.8 Å². The van der Waals surface area contributed by atoms with Gasteiger partial charge in [0.2, 0.25) is 5.91 Å². The van der Waals surface area contributed by atoms with Crippen LogP contribution in [-0.4, -0.2) is 31.5 Å². The molecular weight excluding hydrogens is 324 g/mol. The van der Waals surface area contributed by atoms with Crippen molar-refractivity contribution in [1.82, 2.24) is 10.6 Å². The summed E-state index contributed by atoms with van der Waals surface area (Å²) in [7, 11) is 0. The predicted octanol–water partition coefficient (Wildman–Crippen LogP) is 3.64. The summed E-state index contributed by atoms with van der Waals surface area (Å²) in [6, 6.07) is 8.08. The number of carbonyl (C=O) groups excluding carboxylic acids is 1. The van der Waals surface area contributed by atoms with Gasteiger partial charge in [0.25, 0.3) is 0 Å². The summed E-state index contributed by atoms with van der Waals surface area (Å²) in [6.45, 7) is 6.83. The lowest BCUT2D eigenvalue weighted by Gasteiger charge is -2.27. The van der Waals surface area contributed by atoms with E-state index >= 15 is 0 Å². The van der Waals surface area contributed by atoms with Gasteiger partial charge in [-0.05, 0) is 43.2 Å². The van der Waals surface area contributed by atoms with E-state index in [1.165, 1.54) is 37.7 Å². The van der Waals surface area contributed by atoms with E-state index in [9.17, 15) is 4.79 Å². The van der Waals surface area contributed by atoms with Crippen molar-refractivity contribution in [1.29, 1.82) is 0 Å². The molecule has 1 fully saturated rings. The van der Waals surface area contributed by atoms with Gasteiger partial charge in [-0.1, -0.05) is 38.0 Å². The standard InChI is InChI=1S/C21H32N4O/c1-3-21(11-7-8-12-21)15-24-20(22-4-2)23-14-16-13-19(26)25-18-10-6-5-9-17(16)18/h5-6,9-10,16H,3-4,7-8,11-15H2,1-2H3,(H,25,26)(H2,22,23,24). The van der Waals surface area contributed by atoms with Crippen LogP contribution in [0.2, 0.25) is 0 Å².